The Morgan fingerprint density at radius 1 is 1.62 bits per heavy atom. The molecule has 1 aromatic rings. The zero-order valence-electron chi connectivity index (χ0n) is 7.75. The van der Waals surface area contributed by atoms with Crippen molar-refractivity contribution in [3.8, 4) is 0 Å². The molecule has 1 aromatic heterocycles. The Morgan fingerprint density at radius 2 is 2.46 bits per heavy atom. The van der Waals surface area contributed by atoms with E-state index >= 15 is 0 Å². The van der Waals surface area contributed by atoms with Crippen molar-refractivity contribution in [1.82, 2.24) is 4.98 Å². The molecule has 0 bridgehead atoms. The largest absolute Gasteiger partial charge is 0.443 e. The summed E-state index contributed by atoms with van der Waals surface area (Å²) in [6.07, 6.45) is 2.15. The molecule has 2 rings (SSSR count). The highest BCUT2D eigenvalue weighted by molar-refractivity contribution is 5.09. The molecule has 1 saturated heterocycles. The van der Waals surface area contributed by atoms with Crippen molar-refractivity contribution in [3.05, 3.63) is 17.3 Å². The molecule has 13 heavy (non-hydrogen) atoms. The van der Waals surface area contributed by atoms with Gasteiger partial charge in [-0.1, -0.05) is 0 Å². The number of hydrogen-bond donors (Lipinski definition) is 1. The van der Waals surface area contributed by atoms with E-state index in [1.54, 1.807) is 0 Å². The van der Waals surface area contributed by atoms with Crippen LogP contribution >= 0.6 is 0 Å². The van der Waals surface area contributed by atoms with Gasteiger partial charge >= 0.3 is 0 Å². The molecule has 1 atom stereocenters. The SMILES string of the molecule is Cc1oc(C2CCCO2)nc1CN. The van der Waals surface area contributed by atoms with Crippen molar-refractivity contribution in [3.63, 3.8) is 0 Å². The summed E-state index contributed by atoms with van der Waals surface area (Å²) in [4.78, 5) is 4.29. The van der Waals surface area contributed by atoms with Crippen molar-refractivity contribution >= 4 is 0 Å². The molecule has 2 N–H and O–H groups in total. The highest BCUT2D eigenvalue weighted by Gasteiger charge is 2.23. The maximum atomic E-state index is 5.50. The smallest absolute Gasteiger partial charge is 0.223 e. The summed E-state index contributed by atoms with van der Waals surface area (Å²) < 4.78 is 10.9. The predicted octanol–water partition coefficient (Wildman–Crippen LogP) is 1.29. The third-order valence-corrected chi connectivity index (χ3v) is 2.31. The standard InChI is InChI=1S/C9H14N2O2/c1-6-7(5-10)11-9(13-6)8-3-2-4-12-8/h8H,2-5,10H2,1H3. The van der Waals surface area contributed by atoms with Crippen LogP contribution in [0.3, 0.4) is 0 Å². The molecular weight excluding hydrogens is 168 g/mol. The van der Waals surface area contributed by atoms with E-state index in [9.17, 15) is 0 Å². The molecular formula is C9H14N2O2. The van der Waals surface area contributed by atoms with Crippen molar-refractivity contribution in [2.24, 2.45) is 5.73 Å². The topological polar surface area (TPSA) is 61.3 Å². The minimum absolute atomic E-state index is 0.0546. The lowest BCUT2D eigenvalue weighted by molar-refractivity contribution is 0.0884. The first-order valence-electron chi connectivity index (χ1n) is 4.59. The fraction of sp³-hybridized carbons (Fsp3) is 0.667. The molecule has 0 amide bonds. The fourth-order valence-electron chi connectivity index (χ4n) is 1.55. The van der Waals surface area contributed by atoms with Crippen LogP contribution in [0.25, 0.3) is 0 Å². The zero-order chi connectivity index (χ0) is 9.26. The van der Waals surface area contributed by atoms with Crippen molar-refractivity contribution in [1.29, 1.82) is 0 Å². The minimum atomic E-state index is 0.0546. The van der Waals surface area contributed by atoms with E-state index in [-0.39, 0.29) is 6.10 Å². The second kappa shape index (κ2) is 3.47. The highest BCUT2D eigenvalue weighted by atomic mass is 16.5. The van der Waals surface area contributed by atoms with Gasteiger partial charge in [-0.2, -0.15) is 0 Å². The van der Waals surface area contributed by atoms with Gasteiger partial charge in [0.25, 0.3) is 0 Å². The normalized spacial score (nSPS) is 22.5. The second-order valence-corrected chi connectivity index (χ2v) is 3.26. The lowest BCUT2D eigenvalue weighted by Gasteiger charge is -2.01. The zero-order valence-corrected chi connectivity index (χ0v) is 7.75. The summed E-state index contributed by atoms with van der Waals surface area (Å²) in [5.74, 6) is 1.50. The summed E-state index contributed by atoms with van der Waals surface area (Å²) >= 11 is 0. The Labute approximate surface area is 77.1 Å². The van der Waals surface area contributed by atoms with E-state index in [4.69, 9.17) is 14.9 Å². The van der Waals surface area contributed by atoms with E-state index < -0.39 is 0 Å². The number of ether oxygens (including phenoxy) is 1. The molecule has 4 heteroatoms. The Morgan fingerprint density at radius 3 is 3.00 bits per heavy atom. The molecule has 1 aliphatic heterocycles. The lowest BCUT2D eigenvalue weighted by Crippen LogP contribution is -2.00. The van der Waals surface area contributed by atoms with Gasteiger partial charge in [0.05, 0.1) is 5.69 Å². The molecule has 0 saturated carbocycles. The van der Waals surface area contributed by atoms with E-state index in [2.05, 4.69) is 4.98 Å². The van der Waals surface area contributed by atoms with Gasteiger partial charge in [0.15, 0.2) is 0 Å². The molecule has 0 aliphatic carbocycles. The van der Waals surface area contributed by atoms with Gasteiger partial charge in [-0.05, 0) is 19.8 Å². The first kappa shape index (κ1) is 8.72. The summed E-state index contributed by atoms with van der Waals surface area (Å²) in [6, 6.07) is 0. The Hall–Kier alpha value is -0.870. The molecule has 1 aliphatic rings. The molecule has 0 radical (unpaired) electrons. The van der Waals surface area contributed by atoms with Gasteiger partial charge in [0.1, 0.15) is 11.9 Å². The predicted molar refractivity (Wildman–Crippen MR) is 47.1 cm³/mol. The van der Waals surface area contributed by atoms with Gasteiger partial charge in [-0.25, -0.2) is 4.98 Å². The molecule has 0 aromatic carbocycles. The van der Waals surface area contributed by atoms with Gasteiger partial charge in [-0.15, -0.1) is 0 Å². The number of hydrogen-bond acceptors (Lipinski definition) is 4. The monoisotopic (exact) mass is 182 g/mol. The van der Waals surface area contributed by atoms with E-state index in [0.717, 1.165) is 30.9 Å². The Balaban J connectivity index is 2.20. The van der Waals surface area contributed by atoms with E-state index in [1.807, 2.05) is 6.92 Å². The summed E-state index contributed by atoms with van der Waals surface area (Å²) in [6.45, 7) is 3.12. The summed E-state index contributed by atoms with van der Waals surface area (Å²) in [5.41, 5.74) is 6.34. The number of rotatable bonds is 2. The fourth-order valence-corrected chi connectivity index (χ4v) is 1.55. The molecule has 1 unspecified atom stereocenters. The lowest BCUT2D eigenvalue weighted by atomic mass is 10.2. The molecule has 1 fully saturated rings. The van der Waals surface area contributed by atoms with Crippen LogP contribution in [0.4, 0.5) is 0 Å². The number of aryl methyl sites for hydroxylation is 1. The molecule has 2 heterocycles. The maximum absolute atomic E-state index is 5.50. The number of nitrogens with two attached hydrogens (primary N) is 1. The van der Waals surface area contributed by atoms with Crippen LogP contribution < -0.4 is 5.73 Å². The van der Waals surface area contributed by atoms with Crippen LogP contribution in [-0.4, -0.2) is 11.6 Å². The number of aromatic nitrogens is 1. The molecule has 4 nitrogen and oxygen atoms in total. The molecule has 72 valence electrons. The summed E-state index contributed by atoms with van der Waals surface area (Å²) in [5, 5.41) is 0. The van der Waals surface area contributed by atoms with Crippen LogP contribution in [0.2, 0.25) is 0 Å². The Kier molecular flexibility index (Phi) is 2.33. The van der Waals surface area contributed by atoms with Gasteiger partial charge in [0, 0.05) is 13.2 Å². The van der Waals surface area contributed by atoms with Crippen LogP contribution in [0, 0.1) is 6.92 Å². The maximum Gasteiger partial charge on any atom is 0.223 e. The first-order valence-corrected chi connectivity index (χ1v) is 4.59. The van der Waals surface area contributed by atoms with Gasteiger partial charge < -0.3 is 14.9 Å². The average molecular weight is 182 g/mol. The van der Waals surface area contributed by atoms with E-state index in [0.29, 0.717) is 12.4 Å². The number of nitrogens with zero attached hydrogens (tertiary/aromatic N) is 1. The Bertz CT molecular complexity index is 290. The van der Waals surface area contributed by atoms with Crippen LogP contribution in [0.15, 0.2) is 4.42 Å². The molecule has 0 spiro atoms. The third kappa shape index (κ3) is 1.59. The van der Waals surface area contributed by atoms with Crippen LogP contribution in [0.1, 0.15) is 36.3 Å². The van der Waals surface area contributed by atoms with Crippen LogP contribution in [-0.2, 0) is 11.3 Å². The van der Waals surface area contributed by atoms with Gasteiger partial charge in [-0.3, -0.25) is 0 Å². The number of oxazole rings is 1. The minimum Gasteiger partial charge on any atom is -0.443 e. The summed E-state index contributed by atoms with van der Waals surface area (Å²) in [7, 11) is 0. The first-order chi connectivity index (χ1) is 6.31. The highest BCUT2D eigenvalue weighted by Crippen LogP contribution is 2.28. The third-order valence-electron chi connectivity index (χ3n) is 2.31. The van der Waals surface area contributed by atoms with E-state index in [1.165, 1.54) is 0 Å². The van der Waals surface area contributed by atoms with Crippen molar-refractivity contribution < 1.29 is 9.15 Å². The average Bonchev–Trinajstić information content (AvgIpc) is 2.71. The quantitative estimate of drug-likeness (QED) is 0.748. The van der Waals surface area contributed by atoms with Crippen molar-refractivity contribution in [2.45, 2.75) is 32.4 Å². The second-order valence-electron chi connectivity index (χ2n) is 3.26. The van der Waals surface area contributed by atoms with Crippen LogP contribution in [0.5, 0.6) is 0 Å². The van der Waals surface area contributed by atoms with Gasteiger partial charge in [0.2, 0.25) is 5.89 Å². The van der Waals surface area contributed by atoms with Crippen molar-refractivity contribution in [2.75, 3.05) is 6.61 Å².